The Balaban J connectivity index is 1.02. The molecule has 1 N–H and O–H groups in total. The summed E-state index contributed by atoms with van der Waals surface area (Å²) in [4.78, 5) is 10.2. The quantitative estimate of drug-likeness (QED) is 0.196. The molecule has 0 saturated carbocycles. The van der Waals surface area contributed by atoms with E-state index < -0.39 is 0 Å². The Hall–Kier alpha value is -6.49. The summed E-state index contributed by atoms with van der Waals surface area (Å²) < 4.78 is 6.17. The molecule has 9 aromatic rings. The molecule has 0 amide bonds. The Bertz CT molecular complexity index is 2880. The normalized spacial score (nSPS) is 14.4. The first kappa shape index (κ1) is 30.3. The first-order chi connectivity index (χ1) is 25.6. The van der Waals surface area contributed by atoms with Crippen LogP contribution in [0.15, 0.2) is 184 Å². The van der Waals surface area contributed by atoms with Crippen LogP contribution < -0.4 is 5.32 Å². The van der Waals surface area contributed by atoms with Crippen LogP contribution in [0.3, 0.4) is 0 Å². The summed E-state index contributed by atoms with van der Waals surface area (Å²) in [6, 6.07) is 59.1. The molecule has 1 atom stereocenters. The second kappa shape index (κ2) is 12.4. The van der Waals surface area contributed by atoms with Gasteiger partial charge in [-0.05, 0) is 79.7 Å². The lowest BCUT2D eigenvalue weighted by Gasteiger charge is -2.24. The molecule has 0 spiro atoms. The van der Waals surface area contributed by atoms with Gasteiger partial charge in [0.25, 0.3) is 0 Å². The minimum Gasteiger partial charge on any atom is -0.456 e. The maximum absolute atomic E-state index is 6.28. The standard InChI is InChI=1S/C47H30ClN3O/c48-37-24-25-41-43(28-37)52-42-15-7-14-40(44(41)42)35-22-20-34-27-36(23-21-33(34)26-35)47-50-45(31-9-2-1-3-10-31)49-46(51-47)32-18-16-30(17-19-32)39-13-6-11-29-8-4-5-12-38(29)39/h1-28,45H,(H,49,50,51). The molecule has 1 aliphatic rings. The van der Waals surface area contributed by atoms with Crippen LogP contribution in [-0.4, -0.2) is 11.7 Å². The second-order valence-corrected chi connectivity index (χ2v) is 13.6. The SMILES string of the molecule is Clc1ccc2c(c1)oc1cccc(-c3ccc4cc(C5=NC(c6ccc(-c7cccc8ccccc78)cc6)=NC(c6ccccc6)N5)ccc4c3)c12. The average Bonchev–Trinajstić information content (AvgIpc) is 3.58. The van der Waals surface area contributed by atoms with E-state index >= 15 is 0 Å². The molecule has 1 aliphatic heterocycles. The highest BCUT2D eigenvalue weighted by Crippen LogP contribution is 2.38. The predicted molar refractivity (Wildman–Crippen MR) is 216 cm³/mol. The maximum atomic E-state index is 6.28. The Kier molecular flexibility index (Phi) is 7.22. The van der Waals surface area contributed by atoms with E-state index in [9.17, 15) is 0 Å². The number of hydrogen-bond acceptors (Lipinski definition) is 4. The minimum absolute atomic E-state index is 0.278. The number of rotatable bonds is 5. The lowest BCUT2D eigenvalue weighted by atomic mass is 9.96. The Morgan fingerprint density at radius 2 is 1.19 bits per heavy atom. The number of furan rings is 1. The third-order valence-electron chi connectivity index (χ3n) is 9.99. The van der Waals surface area contributed by atoms with E-state index in [2.05, 4.69) is 127 Å². The van der Waals surface area contributed by atoms with Gasteiger partial charge >= 0.3 is 0 Å². The van der Waals surface area contributed by atoms with Crippen molar-refractivity contribution in [3.05, 3.63) is 192 Å². The fourth-order valence-electron chi connectivity index (χ4n) is 7.41. The molecule has 10 rings (SSSR count). The average molecular weight is 688 g/mol. The van der Waals surface area contributed by atoms with Gasteiger partial charge in [-0.25, -0.2) is 9.98 Å². The molecule has 4 nitrogen and oxygen atoms in total. The number of halogens is 1. The summed E-state index contributed by atoms with van der Waals surface area (Å²) in [7, 11) is 0. The third kappa shape index (κ3) is 5.33. The van der Waals surface area contributed by atoms with Gasteiger partial charge in [0.05, 0.1) is 0 Å². The Morgan fingerprint density at radius 1 is 0.500 bits per heavy atom. The van der Waals surface area contributed by atoms with Crippen molar-refractivity contribution in [2.24, 2.45) is 9.98 Å². The lowest BCUT2D eigenvalue weighted by molar-refractivity contribution is 0.669. The first-order valence-corrected chi connectivity index (χ1v) is 17.7. The zero-order chi connectivity index (χ0) is 34.6. The minimum atomic E-state index is -0.278. The number of nitrogens with one attached hydrogen (secondary N) is 1. The number of amidine groups is 2. The second-order valence-electron chi connectivity index (χ2n) is 13.2. The molecule has 8 aromatic carbocycles. The van der Waals surface area contributed by atoms with Crippen molar-refractivity contribution in [2.75, 3.05) is 0 Å². The molecular formula is C47H30ClN3O. The van der Waals surface area contributed by atoms with Gasteiger partial charge in [0, 0.05) is 33.0 Å². The summed E-state index contributed by atoms with van der Waals surface area (Å²) in [6.07, 6.45) is -0.278. The first-order valence-electron chi connectivity index (χ1n) is 17.4. The predicted octanol–water partition coefficient (Wildman–Crippen LogP) is 12.4. The van der Waals surface area contributed by atoms with E-state index in [-0.39, 0.29) is 6.17 Å². The van der Waals surface area contributed by atoms with Crippen molar-refractivity contribution in [3.8, 4) is 22.3 Å². The van der Waals surface area contributed by atoms with E-state index in [0.717, 1.165) is 71.9 Å². The van der Waals surface area contributed by atoms with Gasteiger partial charge < -0.3 is 9.73 Å². The van der Waals surface area contributed by atoms with Gasteiger partial charge in [0.1, 0.15) is 23.2 Å². The molecule has 0 aliphatic carbocycles. The molecule has 246 valence electrons. The van der Waals surface area contributed by atoms with Gasteiger partial charge in [-0.3, -0.25) is 0 Å². The molecule has 0 fully saturated rings. The smallest absolute Gasteiger partial charge is 0.159 e. The third-order valence-corrected chi connectivity index (χ3v) is 10.2. The molecule has 5 heteroatoms. The number of nitrogens with zero attached hydrogens (tertiary/aromatic N) is 2. The summed E-state index contributed by atoms with van der Waals surface area (Å²) in [5.41, 5.74) is 9.31. The van der Waals surface area contributed by atoms with Crippen LogP contribution in [0.25, 0.3) is 65.7 Å². The molecule has 52 heavy (non-hydrogen) atoms. The van der Waals surface area contributed by atoms with Crippen LogP contribution in [0, 0.1) is 0 Å². The fraction of sp³-hybridized carbons (Fsp3) is 0.0213. The van der Waals surface area contributed by atoms with Crippen LogP contribution in [-0.2, 0) is 0 Å². The molecule has 0 bridgehead atoms. The Labute approximate surface area is 305 Å². The summed E-state index contributed by atoms with van der Waals surface area (Å²) >= 11 is 6.28. The van der Waals surface area contributed by atoms with Crippen LogP contribution in [0.2, 0.25) is 5.02 Å². The molecule has 1 unspecified atom stereocenters. The van der Waals surface area contributed by atoms with Crippen LogP contribution in [0.5, 0.6) is 0 Å². The zero-order valence-electron chi connectivity index (χ0n) is 27.9. The van der Waals surface area contributed by atoms with Crippen molar-refractivity contribution in [1.29, 1.82) is 0 Å². The summed E-state index contributed by atoms with van der Waals surface area (Å²) in [5, 5.41) is 11.2. The maximum Gasteiger partial charge on any atom is 0.159 e. The van der Waals surface area contributed by atoms with Crippen molar-refractivity contribution in [1.82, 2.24) is 5.32 Å². The van der Waals surface area contributed by atoms with Gasteiger partial charge in [0.2, 0.25) is 0 Å². The van der Waals surface area contributed by atoms with E-state index in [4.69, 9.17) is 26.0 Å². The number of hydrogen-bond donors (Lipinski definition) is 1. The van der Waals surface area contributed by atoms with Gasteiger partial charge in [0.15, 0.2) is 5.84 Å². The number of fused-ring (bicyclic) bond motifs is 5. The van der Waals surface area contributed by atoms with Crippen LogP contribution >= 0.6 is 11.6 Å². The number of aliphatic imine (C=N–C) groups is 2. The molecule has 1 aromatic heterocycles. The summed E-state index contributed by atoms with van der Waals surface area (Å²) in [6.45, 7) is 0. The lowest BCUT2D eigenvalue weighted by Crippen LogP contribution is -2.33. The highest BCUT2D eigenvalue weighted by molar-refractivity contribution is 6.31. The van der Waals surface area contributed by atoms with Crippen molar-refractivity contribution < 1.29 is 4.42 Å². The highest BCUT2D eigenvalue weighted by Gasteiger charge is 2.22. The monoisotopic (exact) mass is 687 g/mol. The summed E-state index contributed by atoms with van der Waals surface area (Å²) in [5.74, 6) is 1.49. The fourth-order valence-corrected chi connectivity index (χ4v) is 7.57. The van der Waals surface area contributed by atoms with Crippen LogP contribution in [0.4, 0.5) is 0 Å². The van der Waals surface area contributed by atoms with E-state index in [1.807, 2.05) is 48.5 Å². The van der Waals surface area contributed by atoms with E-state index in [1.54, 1.807) is 0 Å². The van der Waals surface area contributed by atoms with E-state index in [1.165, 1.54) is 16.3 Å². The van der Waals surface area contributed by atoms with Gasteiger partial charge in [-0.2, -0.15) is 0 Å². The molecular weight excluding hydrogens is 658 g/mol. The number of benzene rings is 8. The zero-order valence-corrected chi connectivity index (χ0v) is 28.7. The van der Waals surface area contributed by atoms with Crippen molar-refractivity contribution in [2.45, 2.75) is 6.17 Å². The molecule has 2 heterocycles. The van der Waals surface area contributed by atoms with Gasteiger partial charge in [-0.1, -0.05) is 145 Å². The molecule has 0 radical (unpaired) electrons. The van der Waals surface area contributed by atoms with Crippen LogP contribution in [0.1, 0.15) is 22.9 Å². The van der Waals surface area contributed by atoms with E-state index in [0.29, 0.717) is 10.9 Å². The molecule has 0 saturated heterocycles. The van der Waals surface area contributed by atoms with Crippen molar-refractivity contribution >= 4 is 66.8 Å². The highest BCUT2D eigenvalue weighted by atomic mass is 35.5. The largest absolute Gasteiger partial charge is 0.456 e. The van der Waals surface area contributed by atoms with Crippen molar-refractivity contribution in [3.63, 3.8) is 0 Å². The van der Waals surface area contributed by atoms with Gasteiger partial charge in [-0.15, -0.1) is 0 Å². The Morgan fingerprint density at radius 3 is 2.06 bits per heavy atom. The topological polar surface area (TPSA) is 49.9 Å².